The number of aromatic nitrogens is 2. The first kappa shape index (κ1) is 21.3. The van der Waals surface area contributed by atoms with Gasteiger partial charge in [0.15, 0.2) is 0 Å². The van der Waals surface area contributed by atoms with Crippen LogP contribution in [-0.4, -0.2) is 39.4 Å². The minimum Gasteiger partial charge on any atom is -0.449 e. The number of carbonyl (C=O) groups excluding carboxylic acids is 4. The van der Waals surface area contributed by atoms with Gasteiger partial charge >= 0.3 is 6.09 Å². The molecule has 3 rings (SSSR count). The molecule has 2 amide bonds. The first-order chi connectivity index (χ1) is 14.2. The van der Waals surface area contributed by atoms with E-state index in [1.54, 1.807) is 49.0 Å². The van der Waals surface area contributed by atoms with Crippen molar-refractivity contribution in [3.63, 3.8) is 0 Å². The number of carbonyl (C=O) groups is 4. The SMILES string of the molecule is CCOC(=O)n1c(C(=O)c2cccn2C)c(N(C(C)=O)C(C)=O)c2ccc(Cl)cc21. The van der Waals surface area contributed by atoms with Crippen LogP contribution in [0.5, 0.6) is 0 Å². The van der Waals surface area contributed by atoms with Crippen molar-refractivity contribution in [3.8, 4) is 0 Å². The van der Waals surface area contributed by atoms with Crippen molar-refractivity contribution >= 4 is 51.9 Å². The predicted octanol–water partition coefficient (Wildman–Crippen LogP) is 3.77. The summed E-state index contributed by atoms with van der Waals surface area (Å²) in [5, 5.41) is 0.655. The number of rotatable bonds is 4. The van der Waals surface area contributed by atoms with Crippen molar-refractivity contribution in [3.05, 3.63) is 52.9 Å². The van der Waals surface area contributed by atoms with Gasteiger partial charge in [0.05, 0.1) is 23.5 Å². The van der Waals surface area contributed by atoms with Crippen LogP contribution in [0.4, 0.5) is 10.5 Å². The summed E-state index contributed by atoms with van der Waals surface area (Å²) in [6, 6.07) is 7.85. The Labute approximate surface area is 177 Å². The van der Waals surface area contributed by atoms with Gasteiger partial charge in [0.25, 0.3) is 0 Å². The van der Waals surface area contributed by atoms with E-state index >= 15 is 0 Å². The smallest absolute Gasteiger partial charge is 0.419 e. The van der Waals surface area contributed by atoms with Gasteiger partial charge in [-0.2, -0.15) is 0 Å². The summed E-state index contributed by atoms with van der Waals surface area (Å²) in [5.74, 6) is -1.74. The summed E-state index contributed by atoms with van der Waals surface area (Å²) in [6.45, 7) is 4.12. The summed E-state index contributed by atoms with van der Waals surface area (Å²) in [4.78, 5) is 52.0. The van der Waals surface area contributed by atoms with Crippen molar-refractivity contribution in [1.29, 1.82) is 0 Å². The monoisotopic (exact) mass is 429 g/mol. The average molecular weight is 430 g/mol. The van der Waals surface area contributed by atoms with Crippen LogP contribution in [0.15, 0.2) is 36.5 Å². The molecule has 0 unspecified atom stereocenters. The predicted molar refractivity (Wildman–Crippen MR) is 112 cm³/mol. The number of hydrogen-bond donors (Lipinski definition) is 0. The molecule has 0 aliphatic heterocycles. The number of fused-ring (bicyclic) bond motifs is 1. The summed E-state index contributed by atoms with van der Waals surface area (Å²) < 4.78 is 7.81. The van der Waals surface area contributed by atoms with Gasteiger partial charge < -0.3 is 9.30 Å². The quantitative estimate of drug-likeness (QED) is 0.589. The number of aryl methyl sites for hydroxylation is 1. The van der Waals surface area contributed by atoms with Gasteiger partial charge in [0.1, 0.15) is 5.69 Å². The lowest BCUT2D eigenvalue weighted by Crippen LogP contribution is -2.35. The van der Waals surface area contributed by atoms with Crippen LogP contribution in [0.3, 0.4) is 0 Å². The van der Waals surface area contributed by atoms with E-state index in [0.29, 0.717) is 10.4 Å². The van der Waals surface area contributed by atoms with Crippen molar-refractivity contribution in [1.82, 2.24) is 9.13 Å². The molecule has 0 atom stereocenters. The van der Waals surface area contributed by atoms with Crippen LogP contribution >= 0.6 is 11.6 Å². The molecule has 0 saturated heterocycles. The molecule has 156 valence electrons. The van der Waals surface area contributed by atoms with Crippen molar-refractivity contribution in [2.45, 2.75) is 20.8 Å². The molecule has 3 aromatic rings. The maximum atomic E-state index is 13.6. The van der Waals surface area contributed by atoms with Crippen LogP contribution in [0.25, 0.3) is 10.9 Å². The Hall–Kier alpha value is -3.39. The summed E-state index contributed by atoms with van der Waals surface area (Å²) in [6.07, 6.45) is 0.857. The highest BCUT2D eigenvalue weighted by molar-refractivity contribution is 6.32. The molecule has 9 heteroatoms. The number of anilines is 1. The second-order valence-corrected chi connectivity index (χ2v) is 7.04. The highest BCUT2D eigenvalue weighted by Crippen LogP contribution is 2.37. The van der Waals surface area contributed by atoms with Crippen molar-refractivity contribution in [2.75, 3.05) is 11.5 Å². The number of imide groups is 1. The fourth-order valence-corrected chi connectivity index (χ4v) is 3.58. The summed E-state index contributed by atoms with van der Waals surface area (Å²) >= 11 is 6.14. The Morgan fingerprint density at radius 2 is 1.77 bits per heavy atom. The zero-order chi connectivity index (χ0) is 22.2. The highest BCUT2D eigenvalue weighted by Gasteiger charge is 2.34. The molecule has 2 heterocycles. The van der Waals surface area contributed by atoms with Crippen LogP contribution in [0.2, 0.25) is 5.02 Å². The van der Waals surface area contributed by atoms with E-state index in [4.69, 9.17) is 16.3 Å². The maximum absolute atomic E-state index is 13.6. The Morgan fingerprint density at radius 1 is 1.10 bits per heavy atom. The number of hydrogen-bond acceptors (Lipinski definition) is 5. The van der Waals surface area contributed by atoms with Gasteiger partial charge in [-0.15, -0.1) is 0 Å². The Balaban J connectivity index is 2.50. The number of halogens is 1. The van der Waals surface area contributed by atoms with E-state index in [0.717, 1.165) is 9.47 Å². The third kappa shape index (κ3) is 3.50. The molecular weight excluding hydrogens is 410 g/mol. The fourth-order valence-electron chi connectivity index (χ4n) is 3.41. The molecule has 8 nitrogen and oxygen atoms in total. The van der Waals surface area contributed by atoms with Crippen LogP contribution in [-0.2, 0) is 21.4 Å². The molecule has 1 aromatic carbocycles. The lowest BCUT2D eigenvalue weighted by atomic mass is 10.1. The topological polar surface area (TPSA) is 90.6 Å². The maximum Gasteiger partial charge on any atom is 0.419 e. The lowest BCUT2D eigenvalue weighted by molar-refractivity contribution is -0.124. The number of ether oxygens (including phenoxy) is 1. The summed E-state index contributed by atoms with van der Waals surface area (Å²) in [7, 11) is 1.68. The zero-order valence-electron chi connectivity index (χ0n) is 16.9. The Morgan fingerprint density at radius 3 is 2.30 bits per heavy atom. The van der Waals surface area contributed by atoms with E-state index < -0.39 is 23.7 Å². The number of benzene rings is 1. The molecule has 0 bridgehead atoms. The Kier molecular flexibility index (Phi) is 5.80. The molecule has 0 aliphatic rings. The van der Waals surface area contributed by atoms with Gasteiger partial charge in [-0.3, -0.25) is 14.4 Å². The van der Waals surface area contributed by atoms with Gasteiger partial charge in [0, 0.05) is 37.5 Å². The van der Waals surface area contributed by atoms with Gasteiger partial charge in [-0.05, 0) is 37.3 Å². The van der Waals surface area contributed by atoms with Gasteiger partial charge in [0.2, 0.25) is 17.6 Å². The molecule has 30 heavy (non-hydrogen) atoms. The van der Waals surface area contributed by atoms with E-state index in [9.17, 15) is 19.2 Å². The van der Waals surface area contributed by atoms with Gasteiger partial charge in [-0.25, -0.2) is 14.3 Å². The van der Waals surface area contributed by atoms with Crippen LogP contribution < -0.4 is 4.90 Å². The average Bonchev–Trinajstić information content (AvgIpc) is 3.22. The standard InChI is InChI=1S/C21H20ClN3O5/c1-5-30-21(29)25-17-11-14(22)8-9-15(17)18(24(12(2)26)13(3)27)19(25)20(28)16-7-6-10-23(16)4/h6-11H,5H2,1-4H3. The molecule has 0 radical (unpaired) electrons. The van der Waals surface area contributed by atoms with Crippen molar-refractivity contribution < 1.29 is 23.9 Å². The molecule has 0 spiro atoms. The molecule has 0 saturated carbocycles. The molecule has 0 fully saturated rings. The largest absolute Gasteiger partial charge is 0.449 e. The lowest BCUT2D eigenvalue weighted by Gasteiger charge is -2.19. The van der Waals surface area contributed by atoms with Crippen LogP contribution in [0.1, 0.15) is 37.0 Å². The van der Waals surface area contributed by atoms with E-state index in [-0.39, 0.29) is 29.2 Å². The van der Waals surface area contributed by atoms with E-state index in [1.165, 1.54) is 19.9 Å². The first-order valence-electron chi connectivity index (χ1n) is 9.17. The van der Waals surface area contributed by atoms with E-state index in [2.05, 4.69) is 0 Å². The zero-order valence-corrected chi connectivity index (χ0v) is 17.7. The molecule has 0 aliphatic carbocycles. The number of nitrogens with zero attached hydrogens (tertiary/aromatic N) is 3. The minimum absolute atomic E-state index is 0.0147. The molecule has 0 N–H and O–H groups in total. The van der Waals surface area contributed by atoms with E-state index in [1.807, 2.05) is 0 Å². The second-order valence-electron chi connectivity index (χ2n) is 6.60. The first-order valence-corrected chi connectivity index (χ1v) is 9.55. The Bertz CT molecular complexity index is 1180. The van der Waals surface area contributed by atoms with Gasteiger partial charge in [-0.1, -0.05) is 11.6 Å². The third-order valence-electron chi connectivity index (χ3n) is 4.60. The molecule has 2 aromatic heterocycles. The fraction of sp³-hybridized carbons (Fsp3) is 0.238. The minimum atomic E-state index is -0.819. The third-order valence-corrected chi connectivity index (χ3v) is 4.83. The molecular formula is C21H20ClN3O5. The highest BCUT2D eigenvalue weighted by atomic mass is 35.5. The normalized spacial score (nSPS) is 10.8. The summed E-state index contributed by atoms with van der Waals surface area (Å²) in [5.41, 5.74) is 0.377. The second kappa shape index (κ2) is 8.16. The number of ketones is 1. The van der Waals surface area contributed by atoms with Crippen molar-refractivity contribution in [2.24, 2.45) is 7.05 Å². The number of amides is 2. The van der Waals surface area contributed by atoms with Crippen LogP contribution in [0, 0.1) is 0 Å².